The highest BCUT2D eigenvalue weighted by molar-refractivity contribution is 5.25. The van der Waals surface area contributed by atoms with E-state index in [0.29, 0.717) is 6.04 Å². The zero-order chi connectivity index (χ0) is 15.1. The molecule has 0 aliphatic carbocycles. The van der Waals surface area contributed by atoms with E-state index in [0.717, 1.165) is 12.2 Å². The number of aromatic nitrogens is 1. The molecule has 0 saturated carbocycles. The van der Waals surface area contributed by atoms with Gasteiger partial charge in [0.15, 0.2) is 0 Å². The second-order valence-corrected chi connectivity index (χ2v) is 5.71. The standard InChI is InChI=1S/C19H26N2/c1-4-5-8-17-9-11-18(12-10-17)16(3)21-14-19-15(2)7-6-13-20-19/h6-7,9-13,16,21H,4-5,8,14H2,1-3H3. The quantitative estimate of drug-likeness (QED) is 0.804. The second-order valence-electron chi connectivity index (χ2n) is 5.71. The van der Waals surface area contributed by atoms with Crippen molar-refractivity contribution in [3.8, 4) is 0 Å². The van der Waals surface area contributed by atoms with E-state index in [4.69, 9.17) is 0 Å². The van der Waals surface area contributed by atoms with Crippen molar-refractivity contribution in [3.63, 3.8) is 0 Å². The van der Waals surface area contributed by atoms with Crippen LogP contribution < -0.4 is 5.32 Å². The van der Waals surface area contributed by atoms with Crippen LogP contribution in [0.25, 0.3) is 0 Å². The van der Waals surface area contributed by atoms with E-state index in [1.165, 1.54) is 36.0 Å². The first kappa shape index (κ1) is 15.7. The molecule has 0 fully saturated rings. The third kappa shape index (κ3) is 4.68. The van der Waals surface area contributed by atoms with Gasteiger partial charge in [0.2, 0.25) is 0 Å². The van der Waals surface area contributed by atoms with Crippen molar-refractivity contribution in [2.45, 2.75) is 52.6 Å². The number of pyridine rings is 1. The monoisotopic (exact) mass is 282 g/mol. The molecule has 1 unspecified atom stereocenters. The Morgan fingerprint density at radius 3 is 2.57 bits per heavy atom. The summed E-state index contributed by atoms with van der Waals surface area (Å²) in [7, 11) is 0. The zero-order valence-corrected chi connectivity index (χ0v) is 13.4. The summed E-state index contributed by atoms with van der Waals surface area (Å²) in [5, 5.41) is 3.56. The predicted molar refractivity (Wildman–Crippen MR) is 89.3 cm³/mol. The van der Waals surface area contributed by atoms with Crippen LogP contribution >= 0.6 is 0 Å². The summed E-state index contributed by atoms with van der Waals surface area (Å²) in [4.78, 5) is 4.43. The first-order valence-electron chi connectivity index (χ1n) is 7.93. The molecule has 2 heteroatoms. The number of hydrogen-bond acceptors (Lipinski definition) is 2. The summed E-state index contributed by atoms with van der Waals surface area (Å²) in [6.07, 6.45) is 5.57. The van der Waals surface area contributed by atoms with Gasteiger partial charge in [0, 0.05) is 18.8 Å². The lowest BCUT2D eigenvalue weighted by atomic mass is 10.0. The summed E-state index contributed by atoms with van der Waals surface area (Å²) in [5.41, 5.74) is 5.15. The Labute approximate surface area is 128 Å². The fourth-order valence-electron chi connectivity index (χ4n) is 2.42. The maximum atomic E-state index is 4.43. The number of nitrogens with zero attached hydrogens (tertiary/aromatic N) is 1. The molecule has 1 heterocycles. The molecule has 112 valence electrons. The van der Waals surface area contributed by atoms with E-state index in [2.05, 4.69) is 61.4 Å². The molecule has 1 aromatic heterocycles. The summed E-state index contributed by atoms with van der Waals surface area (Å²) in [6.45, 7) is 7.36. The van der Waals surface area contributed by atoms with Gasteiger partial charge in [0.25, 0.3) is 0 Å². The number of benzene rings is 1. The van der Waals surface area contributed by atoms with E-state index >= 15 is 0 Å². The molecule has 0 spiro atoms. The van der Waals surface area contributed by atoms with Crippen LogP contribution in [0.5, 0.6) is 0 Å². The van der Waals surface area contributed by atoms with E-state index < -0.39 is 0 Å². The summed E-state index contributed by atoms with van der Waals surface area (Å²) in [5.74, 6) is 0. The molecular weight excluding hydrogens is 256 g/mol. The third-order valence-electron chi connectivity index (χ3n) is 3.99. The summed E-state index contributed by atoms with van der Waals surface area (Å²) in [6, 6.07) is 13.4. The minimum atomic E-state index is 0.339. The summed E-state index contributed by atoms with van der Waals surface area (Å²) < 4.78 is 0. The highest BCUT2D eigenvalue weighted by Crippen LogP contribution is 2.15. The average molecular weight is 282 g/mol. The molecule has 1 aromatic carbocycles. The number of unbranched alkanes of at least 4 members (excludes halogenated alkanes) is 1. The van der Waals surface area contributed by atoms with Gasteiger partial charge >= 0.3 is 0 Å². The number of rotatable bonds is 7. The first-order valence-corrected chi connectivity index (χ1v) is 7.93. The highest BCUT2D eigenvalue weighted by Gasteiger charge is 2.06. The zero-order valence-electron chi connectivity index (χ0n) is 13.4. The van der Waals surface area contributed by atoms with E-state index in [9.17, 15) is 0 Å². The van der Waals surface area contributed by atoms with Crippen molar-refractivity contribution < 1.29 is 0 Å². The fraction of sp³-hybridized carbons (Fsp3) is 0.421. The van der Waals surface area contributed by atoms with Gasteiger partial charge in [-0.3, -0.25) is 4.98 Å². The Balaban J connectivity index is 1.91. The van der Waals surface area contributed by atoms with Gasteiger partial charge < -0.3 is 5.32 Å². The van der Waals surface area contributed by atoms with Crippen LogP contribution in [-0.2, 0) is 13.0 Å². The van der Waals surface area contributed by atoms with Crippen LogP contribution in [0.3, 0.4) is 0 Å². The third-order valence-corrected chi connectivity index (χ3v) is 3.99. The number of hydrogen-bond donors (Lipinski definition) is 1. The molecule has 0 amide bonds. The molecule has 1 N–H and O–H groups in total. The lowest BCUT2D eigenvalue weighted by Gasteiger charge is -2.15. The molecule has 0 bridgehead atoms. The van der Waals surface area contributed by atoms with Crippen molar-refractivity contribution in [2.75, 3.05) is 0 Å². The average Bonchev–Trinajstić information content (AvgIpc) is 2.52. The maximum Gasteiger partial charge on any atom is 0.0570 e. The normalized spacial score (nSPS) is 12.3. The van der Waals surface area contributed by atoms with Crippen LogP contribution in [0.1, 0.15) is 55.1 Å². The number of nitrogens with one attached hydrogen (secondary N) is 1. The maximum absolute atomic E-state index is 4.43. The SMILES string of the molecule is CCCCc1ccc(C(C)NCc2ncccc2C)cc1. The van der Waals surface area contributed by atoms with E-state index in [1.54, 1.807) is 0 Å². The molecule has 0 radical (unpaired) electrons. The van der Waals surface area contributed by atoms with Gasteiger partial charge in [-0.05, 0) is 49.4 Å². The minimum Gasteiger partial charge on any atom is -0.305 e. The lowest BCUT2D eigenvalue weighted by molar-refractivity contribution is 0.566. The molecule has 1 atom stereocenters. The molecule has 0 saturated heterocycles. The fourth-order valence-corrected chi connectivity index (χ4v) is 2.42. The molecule has 21 heavy (non-hydrogen) atoms. The highest BCUT2D eigenvalue weighted by atomic mass is 14.9. The van der Waals surface area contributed by atoms with Gasteiger partial charge in [-0.1, -0.05) is 43.7 Å². The van der Waals surface area contributed by atoms with Crippen molar-refractivity contribution in [1.82, 2.24) is 10.3 Å². The van der Waals surface area contributed by atoms with Gasteiger partial charge in [-0.15, -0.1) is 0 Å². The van der Waals surface area contributed by atoms with Gasteiger partial charge in [-0.2, -0.15) is 0 Å². The Morgan fingerprint density at radius 2 is 1.90 bits per heavy atom. The van der Waals surface area contributed by atoms with Gasteiger partial charge in [0.1, 0.15) is 0 Å². The Kier molecular flexibility index (Phi) is 5.94. The van der Waals surface area contributed by atoms with Crippen LogP contribution in [0.15, 0.2) is 42.6 Å². The predicted octanol–water partition coefficient (Wildman–Crippen LogP) is 4.58. The van der Waals surface area contributed by atoms with Crippen LogP contribution in [0, 0.1) is 6.92 Å². The Hall–Kier alpha value is -1.67. The minimum absolute atomic E-state index is 0.339. The van der Waals surface area contributed by atoms with E-state index in [1.807, 2.05) is 12.3 Å². The second kappa shape index (κ2) is 7.94. The van der Waals surface area contributed by atoms with Crippen LogP contribution in [0.4, 0.5) is 0 Å². The van der Waals surface area contributed by atoms with Gasteiger partial charge in [-0.25, -0.2) is 0 Å². The Morgan fingerprint density at radius 1 is 1.14 bits per heavy atom. The van der Waals surface area contributed by atoms with Crippen molar-refractivity contribution in [2.24, 2.45) is 0 Å². The molecule has 0 aliphatic heterocycles. The largest absolute Gasteiger partial charge is 0.305 e. The molecule has 2 nitrogen and oxygen atoms in total. The van der Waals surface area contributed by atoms with Crippen LogP contribution in [-0.4, -0.2) is 4.98 Å². The molecule has 2 rings (SSSR count). The van der Waals surface area contributed by atoms with Crippen molar-refractivity contribution in [1.29, 1.82) is 0 Å². The lowest BCUT2D eigenvalue weighted by Crippen LogP contribution is -2.19. The first-order chi connectivity index (χ1) is 10.2. The smallest absolute Gasteiger partial charge is 0.0570 e. The molecular formula is C19H26N2. The Bertz CT molecular complexity index is 546. The van der Waals surface area contributed by atoms with Crippen molar-refractivity contribution >= 4 is 0 Å². The molecule has 2 aromatic rings. The van der Waals surface area contributed by atoms with Crippen LogP contribution in [0.2, 0.25) is 0 Å². The van der Waals surface area contributed by atoms with Gasteiger partial charge in [0.05, 0.1) is 5.69 Å². The topological polar surface area (TPSA) is 24.9 Å². The van der Waals surface area contributed by atoms with Crippen molar-refractivity contribution in [3.05, 3.63) is 65.0 Å². The molecule has 0 aliphatic rings. The summed E-state index contributed by atoms with van der Waals surface area (Å²) >= 11 is 0. The van der Waals surface area contributed by atoms with E-state index in [-0.39, 0.29) is 0 Å². The number of aryl methyl sites for hydroxylation is 2.